The lowest BCUT2D eigenvalue weighted by molar-refractivity contribution is 0.0410. The van der Waals surface area contributed by atoms with Crippen molar-refractivity contribution in [1.29, 1.82) is 0 Å². The van der Waals surface area contributed by atoms with Gasteiger partial charge in [-0.1, -0.05) is 5.16 Å². The van der Waals surface area contributed by atoms with E-state index in [4.69, 9.17) is 19.4 Å². The monoisotopic (exact) mass is 329 g/mol. The molecule has 0 aliphatic rings. The summed E-state index contributed by atoms with van der Waals surface area (Å²) in [4.78, 5) is 4.29. The molecule has 2 rings (SSSR count). The first-order valence-electron chi connectivity index (χ1n) is 5.88. The molecular weight excluding hydrogens is 314 g/mol. The van der Waals surface area contributed by atoms with E-state index in [2.05, 4.69) is 26.1 Å². The van der Waals surface area contributed by atoms with Gasteiger partial charge < -0.3 is 19.4 Å². The molecule has 19 heavy (non-hydrogen) atoms. The molecule has 0 aliphatic heterocycles. The molecule has 7 heteroatoms. The molecular formula is C12H16BrN3O3. The third-order valence-electron chi connectivity index (χ3n) is 2.50. The third-order valence-corrected chi connectivity index (χ3v) is 3.12. The highest BCUT2D eigenvalue weighted by molar-refractivity contribution is 9.10. The van der Waals surface area contributed by atoms with Gasteiger partial charge in [-0.3, -0.25) is 0 Å². The van der Waals surface area contributed by atoms with Gasteiger partial charge in [0.1, 0.15) is 5.54 Å². The Labute approximate surface area is 119 Å². The number of hydrogen-bond donors (Lipinski definition) is 1. The van der Waals surface area contributed by atoms with Crippen LogP contribution < -0.4 is 5.73 Å². The summed E-state index contributed by atoms with van der Waals surface area (Å²) >= 11 is 3.26. The smallest absolute Gasteiger partial charge is 0.262 e. The van der Waals surface area contributed by atoms with Crippen LogP contribution in [0.4, 0.5) is 0 Å². The van der Waals surface area contributed by atoms with E-state index in [1.807, 2.05) is 13.8 Å². The van der Waals surface area contributed by atoms with Crippen molar-refractivity contribution in [2.75, 3.05) is 6.61 Å². The highest BCUT2D eigenvalue weighted by atomic mass is 79.9. The molecule has 2 aromatic rings. The Morgan fingerprint density at radius 1 is 1.53 bits per heavy atom. The Kier molecular flexibility index (Phi) is 4.07. The Balaban J connectivity index is 2.19. The lowest BCUT2D eigenvalue weighted by Crippen LogP contribution is -2.40. The summed E-state index contributed by atoms with van der Waals surface area (Å²) in [7, 11) is 0. The minimum Gasteiger partial charge on any atom is -0.457 e. The molecule has 0 amide bonds. The highest BCUT2D eigenvalue weighted by Gasteiger charge is 2.29. The lowest BCUT2D eigenvalue weighted by atomic mass is 10.1. The molecule has 0 bridgehead atoms. The topological polar surface area (TPSA) is 87.3 Å². The maximum atomic E-state index is 6.15. The van der Waals surface area contributed by atoms with E-state index in [9.17, 15) is 0 Å². The van der Waals surface area contributed by atoms with E-state index in [1.54, 1.807) is 13.0 Å². The first kappa shape index (κ1) is 14.2. The molecule has 0 saturated heterocycles. The second-order valence-corrected chi connectivity index (χ2v) is 5.53. The minimum atomic E-state index is -0.803. The van der Waals surface area contributed by atoms with Gasteiger partial charge in [0.25, 0.3) is 5.89 Å². The van der Waals surface area contributed by atoms with Crippen LogP contribution in [0.2, 0.25) is 0 Å². The number of halogens is 1. The predicted molar refractivity (Wildman–Crippen MR) is 72.3 cm³/mol. The van der Waals surface area contributed by atoms with Gasteiger partial charge in [-0.05, 0) is 42.8 Å². The normalized spacial score (nSPS) is 14.8. The van der Waals surface area contributed by atoms with Gasteiger partial charge in [-0.15, -0.1) is 0 Å². The van der Waals surface area contributed by atoms with Crippen molar-refractivity contribution < 1.29 is 13.7 Å². The fourth-order valence-electron chi connectivity index (χ4n) is 1.42. The van der Waals surface area contributed by atoms with Crippen molar-refractivity contribution in [2.24, 2.45) is 5.73 Å². The van der Waals surface area contributed by atoms with Crippen molar-refractivity contribution in [3.05, 3.63) is 22.8 Å². The molecule has 1 atom stereocenters. The Hall–Kier alpha value is -1.18. The first-order chi connectivity index (χ1) is 8.90. The zero-order chi connectivity index (χ0) is 14.0. The van der Waals surface area contributed by atoms with E-state index < -0.39 is 5.54 Å². The van der Waals surface area contributed by atoms with E-state index in [1.165, 1.54) is 6.26 Å². The number of rotatable bonds is 5. The Bertz CT molecular complexity index is 548. The van der Waals surface area contributed by atoms with E-state index in [-0.39, 0.29) is 6.10 Å². The number of aromatic nitrogens is 2. The van der Waals surface area contributed by atoms with Crippen LogP contribution >= 0.6 is 15.9 Å². The van der Waals surface area contributed by atoms with Crippen LogP contribution in [0.1, 0.15) is 26.6 Å². The van der Waals surface area contributed by atoms with Gasteiger partial charge in [0, 0.05) is 0 Å². The second kappa shape index (κ2) is 5.44. The summed E-state index contributed by atoms with van der Waals surface area (Å²) in [5.74, 6) is 0.757. The van der Waals surface area contributed by atoms with Crippen LogP contribution in [0, 0.1) is 0 Å². The minimum absolute atomic E-state index is 0.0947. The average molecular weight is 330 g/mol. The Morgan fingerprint density at radius 2 is 2.26 bits per heavy atom. The standard InChI is InChI=1S/C12H16BrN3O3/c1-7(2)18-6-12(3,14)11-15-10(19-16-11)8-4-5-17-9(8)13/h4-5,7H,6,14H2,1-3H3. The fraction of sp³-hybridized carbons (Fsp3) is 0.500. The van der Waals surface area contributed by atoms with Crippen LogP contribution in [0.15, 0.2) is 25.9 Å². The van der Waals surface area contributed by atoms with Crippen LogP contribution in [-0.2, 0) is 10.3 Å². The molecule has 2 N–H and O–H groups in total. The van der Waals surface area contributed by atoms with E-state index >= 15 is 0 Å². The van der Waals surface area contributed by atoms with Gasteiger partial charge in [-0.25, -0.2) is 0 Å². The largest absolute Gasteiger partial charge is 0.457 e. The summed E-state index contributed by atoms with van der Waals surface area (Å²) in [5, 5.41) is 3.91. The van der Waals surface area contributed by atoms with Crippen molar-refractivity contribution in [3.63, 3.8) is 0 Å². The average Bonchev–Trinajstić information content (AvgIpc) is 2.94. The van der Waals surface area contributed by atoms with Crippen molar-refractivity contribution in [3.8, 4) is 11.5 Å². The maximum Gasteiger partial charge on any atom is 0.262 e. The van der Waals surface area contributed by atoms with Gasteiger partial charge in [0.2, 0.25) is 0 Å². The molecule has 0 spiro atoms. The summed E-state index contributed by atoms with van der Waals surface area (Å²) in [5.41, 5.74) is 6.04. The number of nitrogens with zero attached hydrogens (tertiary/aromatic N) is 2. The van der Waals surface area contributed by atoms with Gasteiger partial charge in [0.05, 0.1) is 24.5 Å². The quantitative estimate of drug-likeness (QED) is 0.907. The molecule has 6 nitrogen and oxygen atoms in total. The van der Waals surface area contributed by atoms with Crippen LogP contribution in [-0.4, -0.2) is 22.9 Å². The molecule has 104 valence electrons. The van der Waals surface area contributed by atoms with Gasteiger partial charge in [0.15, 0.2) is 10.5 Å². The summed E-state index contributed by atoms with van der Waals surface area (Å²) < 4.78 is 16.4. The van der Waals surface area contributed by atoms with E-state index in [0.717, 1.165) is 0 Å². The second-order valence-electron chi connectivity index (χ2n) is 4.81. The van der Waals surface area contributed by atoms with Gasteiger partial charge >= 0.3 is 0 Å². The van der Waals surface area contributed by atoms with E-state index in [0.29, 0.717) is 28.6 Å². The fourth-order valence-corrected chi connectivity index (χ4v) is 1.83. The van der Waals surface area contributed by atoms with Crippen LogP contribution in [0.3, 0.4) is 0 Å². The molecule has 0 radical (unpaired) electrons. The first-order valence-corrected chi connectivity index (χ1v) is 6.67. The van der Waals surface area contributed by atoms with Crippen molar-refractivity contribution >= 4 is 15.9 Å². The SMILES string of the molecule is CC(C)OCC(C)(N)c1noc(-c2ccoc2Br)n1. The highest BCUT2D eigenvalue weighted by Crippen LogP contribution is 2.29. The molecule has 0 aromatic carbocycles. The number of ether oxygens (including phenoxy) is 1. The third kappa shape index (κ3) is 3.23. The van der Waals surface area contributed by atoms with Crippen molar-refractivity contribution in [1.82, 2.24) is 10.1 Å². The molecule has 1 unspecified atom stereocenters. The summed E-state index contributed by atoms with van der Waals surface area (Å²) in [6.45, 7) is 6.01. The van der Waals surface area contributed by atoms with Crippen LogP contribution in [0.5, 0.6) is 0 Å². The Morgan fingerprint density at radius 3 is 2.84 bits per heavy atom. The predicted octanol–water partition coefficient (Wildman–Crippen LogP) is 2.69. The number of hydrogen-bond acceptors (Lipinski definition) is 6. The maximum absolute atomic E-state index is 6.15. The van der Waals surface area contributed by atoms with Gasteiger partial charge in [-0.2, -0.15) is 4.98 Å². The lowest BCUT2D eigenvalue weighted by Gasteiger charge is -2.21. The molecule has 0 aliphatic carbocycles. The molecule has 2 aromatic heterocycles. The van der Waals surface area contributed by atoms with Crippen molar-refractivity contribution in [2.45, 2.75) is 32.4 Å². The zero-order valence-electron chi connectivity index (χ0n) is 11.0. The number of nitrogens with two attached hydrogens (primary N) is 1. The molecule has 0 saturated carbocycles. The van der Waals surface area contributed by atoms with Crippen LogP contribution in [0.25, 0.3) is 11.5 Å². The number of furan rings is 1. The summed E-state index contributed by atoms with van der Waals surface area (Å²) in [6, 6.07) is 1.74. The molecule has 2 heterocycles. The zero-order valence-corrected chi connectivity index (χ0v) is 12.6. The summed E-state index contributed by atoms with van der Waals surface area (Å²) in [6.07, 6.45) is 1.63. The molecule has 0 fully saturated rings.